The average molecular weight is 301 g/mol. The number of nitrogens with one attached hydrogen (secondary N) is 1. The number of hydrogen-bond donors (Lipinski definition) is 1. The van der Waals surface area contributed by atoms with Crippen LogP contribution in [0.4, 0.5) is 0 Å². The first-order chi connectivity index (χ1) is 10.7. The highest BCUT2D eigenvalue weighted by Gasteiger charge is 2.43. The first-order valence-corrected chi connectivity index (χ1v) is 8.37. The lowest BCUT2D eigenvalue weighted by molar-refractivity contribution is 0.151. The molecule has 1 aromatic rings. The Morgan fingerprint density at radius 1 is 1.45 bits per heavy atom. The van der Waals surface area contributed by atoms with Gasteiger partial charge in [0.25, 0.3) is 0 Å². The van der Waals surface area contributed by atoms with Crippen LogP contribution in [-0.2, 0) is 6.42 Å². The van der Waals surface area contributed by atoms with E-state index in [1.54, 1.807) is 6.26 Å². The Bertz CT molecular complexity index is 529. The van der Waals surface area contributed by atoms with Crippen LogP contribution in [0.1, 0.15) is 38.4 Å². The SMILES string of the molecule is C=C(C)CN=C(NCCc1ccco1)N1CCC2(CCC2)C1. The zero-order chi connectivity index (χ0) is 15.4. The van der Waals surface area contributed by atoms with Crippen LogP contribution in [0.5, 0.6) is 0 Å². The smallest absolute Gasteiger partial charge is 0.194 e. The molecule has 0 aromatic carbocycles. The molecular formula is C18H27N3O. The summed E-state index contributed by atoms with van der Waals surface area (Å²) in [6.45, 7) is 9.84. The normalized spacial score (nSPS) is 20.2. The highest BCUT2D eigenvalue weighted by atomic mass is 16.3. The maximum Gasteiger partial charge on any atom is 0.194 e. The maximum atomic E-state index is 5.39. The molecule has 0 atom stereocenters. The summed E-state index contributed by atoms with van der Waals surface area (Å²) in [5.74, 6) is 2.06. The quantitative estimate of drug-likeness (QED) is 0.516. The summed E-state index contributed by atoms with van der Waals surface area (Å²) in [7, 11) is 0. The van der Waals surface area contributed by atoms with Crippen LogP contribution in [0.15, 0.2) is 40.0 Å². The van der Waals surface area contributed by atoms with Crippen LogP contribution in [0.25, 0.3) is 0 Å². The van der Waals surface area contributed by atoms with Crippen molar-refractivity contribution in [3.8, 4) is 0 Å². The van der Waals surface area contributed by atoms with Gasteiger partial charge >= 0.3 is 0 Å². The van der Waals surface area contributed by atoms with Gasteiger partial charge in [0.15, 0.2) is 5.96 Å². The fraction of sp³-hybridized carbons (Fsp3) is 0.611. The number of hydrogen-bond acceptors (Lipinski definition) is 2. The molecule has 3 rings (SSSR count). The lowest BCUT2D eigenvalue weighted by Crippen LogP contribution is -2.43. The highest BCUT2D eigenvalue weighted by molar-refractivity contribution is 5.80. The van der Waals surface area contributed by atoms with Crippen molar-refractivity contribution in [3.05, 3.63) is 36.3 Å². The molecule has 1 aromatic heterocycles. The number of rotatable bonds is 5. The molecule has 1 N–H and O–H groups in total. The summed E-state index contributed by atoms with van der Waals surface area (Å²) >= 11 is 0. The van der Waals surface area contributed by atoms with Gasteiger partial charge in [-0.15, -0.1) is 0 Å². The molecule has 0 unspecified atom stereocenters. The van der Waals surface area contributed by atoms with Crippen LogP contribution in [0, 0.1) is 5.41 Å². The van der Waals surface area contributed by atoms with Gasteiger partial charge in [0.05, 0.1) is 12.8 Å². The third-order valence-corrected chi connectivity index (χ3v) is 4.89. The van der Waals surface area contributed by atoms with E-state index in [2.05, 4.69) is 16.8 Å². The van der Waals surface area contributed by atoms with Gasteiger partial charge in [-0.05, 0) is 43.7 Å². The lowest BCUT2D eigenvalue weighted by atomic mass is 9.68. The van der Waals surface area contributed by atoms with E-state index in [0.29, 0.717) is 12.0 Å². The van der Waals surface area contributed by atoms with E-state index in [-0.39, 0.29) is 0 Å². The second kappa shape index (κ2) is 6.59. The topological polar surface area (TPSA) is 40.8 Å². The third kappa shape index (κ3) is 3.54. The van der Waals surface area contributed by atoms with Crippen molar-refractivity contribution in [2.45, 2.75) is 39.0 Å². The fourth-order valence-electron chi connectivity index (χ4n) is 3.43. The van der Waals surface area contributed by atoms with Gasteiger partial charge in [-0.25, -0.2) is 4.99 Å². The molecule has 22 heavy (non-hydrogen) atoms. The molecule has 1 spiro atoms. The number of guanidine groups is 1. The van der Waals surface area contributed by atoms with Gasteiger partial charge in [-0.2, -0.15) is 0 Å². The summed E-state index contributed by atoms with van der Waals surface area (Å²) in [6.07, 6.45) is 8.12. The fourth-order valence-corrected chi connectivity index (χ4v) is 3.43. The van der Waals surface area contributed by atoms with Crippen molar-refractivity contribution in [1.29, 1.82) is 0 Å². The van der Waals surface area contributed by atoms with E-state index in [1.807, 2.05) is 19.1 Å². The van der Waals surface area contributed by atoms with Crippen molar-refractivity contribution in [3.63, 3.8) is 0 Å². The van der Waals surface area contributed by atoms with Gasteiger partial charge in [-0.3, -0.25) is 0 Å². The second-order valence-electron chi connectivity index (χ2n) is 6.88. The van der Waals surface area contributed by atoms with Crippen molar-refractivity contribution < 1.29 is 4.42 Å². The van der Waals surface area contributed by atoms with Crippen LogP contribution in [0.2, 0.25) is 0 Å². The Labute approximate surface area is 133 Å². The molecular weight excluding hydrogens is 274 g/mol. The Morgan fingerprint density at radius 2 is 2.32 bits per heavy atom. The van der Waals surface area contributed by atoms with Crippen molar-refractivity contribution >= 4 is 5.96 Å². The van der Waals surface area contributed by atoms with E-state index in [9.17, 15) is 0 Å². The lowest BCUT2D eigenvalue weighted by Gasteiger charge is -2.38. The Hall–Kier alpha value is -1.71. The summed E-state index contributed by atoms with van der Waals surface area (Å²) in [6, 6.07) is 3.96. The summed E-state index contributed by atoms with van der Waals surface area (Å²) in [5, 5.41) is 3.52. The molecule has 1 aliphatic carbocycles. The second-order valence-corrected chi connectivity index (χ2v) is 6.88. The maximum absolute atomic E-state index is 5.39. The van der Waals surface area contributed by atoms with E-state index in [4.69, 9.17) is 9.41 Å². The monoisotopic (exact) mass is 301 g/mol. The number of nitrogens with zero attached hydrogens (tertiary/aromatic N) is 2. The minimum absolute atomic E-state index is 0.590. The molecule has 2 heterocycles. The molecule has 1 saturated heterocycles. The van der Waals surface area contributed by atoms with Gasteiger partial charge in [0.1, 0.15) is 5.76 Å². The van der Waals surface area contributed by atoms with E-state index >= 15 is 0 Å². The standard InChI is InChI=1S/C18H27N3O/c1-15(2)13-20-17(19-10-6-16-5-3-12-22-16)21-11-9-18(14-21)7-4-8-18/h3,5,12H,1,4,6-11,13-14H2,2H3,(H,19,20). The van der Waals surface area contributed by atoms with Crippen LogP contribution < -0.4 is 5.32 Å². The van der Waals surface area contributed by atoms with Crippen LogP contribution in [0.3, 0.4) is 0 Å². The Morgan fingerprint density at radius 3 is 2.91 bits per heavy atom. The molecule has 4 heteroatoms. The highest BCUT2D eigenvalue weighted by Crippen LogP contribution is 2.47. The molecule has 1 aliphatic heterocycles. The summed E-state index contributed by atoms with van der Waals surface area (Å²) in [5.41, 5.74) is 1.69. The van der Waals surface area contributed by atoms with Gasteiger partial charge < -0.3 is 14.6 Å². The summed E-state index contributed by atoms with van der Waals surface area (Å²) < 4.78 is 5.39. The van der Waals surface area contributed by atoms with Crippen LogP contribution >= 0.6 is 0 Å². The van der Waals surface area contributed by atoms with Crippen LogP contribution in [-0.4, -0.2) is 37.0 Å². The molecule has 0 bridgehead atoms. The average Bonchev–Trinajstić information content (AvgIpc) is 3.10. The first-order valence-electron chi connectivity index (χ1n) is 8.37. The molecule has 1 saturated carbocycles. The first kappa shape index (κ1) is 15.2. The minimum Gasteiger partial charge on any atom is -0.469 e. The number of aliphatic imine (C=N–C) groups is 1. The van der Waals surface area contributed by atoms with Gasteiger partial charge in [0.2, 0.25) is 0 Å². The van der Waals surface area contributed by atoms with Gasteiger partial charge in [-0.1, -0.05) is 18.6 Å². The molecule has 2 aliphatic rings. The molecule has 4 nitrogen and oxygen atoms in total. The molecule has 0 amide bonds. The van der Waals surface area contributed by atoms with Crippen molar-refractivity contribution in [2.24, 2.45) is 10.4 Å². The molecule has 2 fully saturated rings. The number of likely N-dealkylation sites (tertiary alicyclic amines) is 1. The minimum atomic E-state index is 0.590. The Balaban J connectivity index is 1.57. The zero-order valence-corrected chi connectivity index (χ0v) is 13.6. The zero-order valence-electron chi connectivity index (χ0n) is 13.6. The number of furan rings is 1. The van der Waals surface area contributed by atoms with E-state index in [0.717, 1.165) is 43.3 Å². The molecule has 120 valence electrons. The summed E-state index contributed by atoms with van der Waals surface area (Å²) in [4.78, 5) is 7.18. The largest absolute Gasteiger partial charge is 0.469 e. The molecule has 0 radical (unpaired) electrons. The Kier molecular flexibility index (Phi) is 4.55. The predicted molar refractivity (Wildman–Crippen MR) is 90.0 cm³/mol. The van der Waals surface area contributed by atoms with Crippen molar-refractivity contribution in [1.82, 2.24) is 10.2 Å². The predicted octanol–water partition coefficient (Wildman–Crippen LogP) is 3.22. The van der Waals surface area contributed by atoms with E-state index in [1.165, 1.54) is 25.7 Å². The third-order valence-electron chi connectivity index (χ3n) is 4.89. The van der Waals surface area contributed by atoms with E-state index < -0.39 is 0 Å². The van der Waals surface area contributed by atoms with Crippen molar-refractivity contribution in [2.75, 3.05) is 26.2 Å². The van der Waals surface area contributed by atoms with Gasteiger partial charge in [0, 0.05) is 26.1 Å².